The van der Waals surface area contributed by atoms with Crippen LogP contribution in [0.5, 0.6) is 0 Å². The maximum Gasteiger partial charge on any atom is 0.410 e. The first-order valence-electron chi connectivity index (χ1n) is 7.66. The average molecular weight is 368 g/mol. The standard InChI is InChI=1S/C16H22BrN3O2/c1-16(2,3)22-15(21)20-8-4-5-13(20)14-18-11-7-6-10(17)9-12(11)19-14/h6-7,9,13-14,18-19H,4-5,8H2,1-3H3/t13-,14?/m0/s1. The molecule has 1 aromatic carbocycles. The lowest BCUT2D eigenvalue weighted by molar-refractivity contribution is 0.0219. The number of rotatable bonds is 1. The number of likely N-dealkylation sites (tertiary alicyclic amines) is 1. The van der Waals surface area contributed by atoms with Crippen LogP contribution < -0.4 is 10.6 Å². The zero-order chi connectivity index (χ0) is 15.9. The van der Waals surface area contributed by atoms with Crippen molar-refractivity contribution in [2.45, 2.75) is 51.4 Å². The summed E-state index contributed by atoms with van der Waals surface area (Å²) >= 11 is 3.48. The molecule has 0 aliphatic carbocycles. The number of anilines is 2. The Labute approximate surface area is 139 Å². The van der Waals surface area contributed by atoms with E-state index in [1.807, 2.05) is 37.8 Å². The van der Waals surface area contributed by atoms with E-state index in [-0.39, 0.29) is 18.3 Å². The first-order chi connectivity index (χ1) is 10.3. The number of carbonyl (C=O) groups is 1. The monoisotopic (exact) mass is 367 g/mol. The highest BCUT2D eigenvalue weighted by Gasteiger charge is 2.39. The highest BCUT2D eigenvalue weighted by molar-refractivity contribution is 9.10. The fourth-order valence-corrected chi connectivity index (χ4v) is 3.37. The maximum absolute atomic E-state index is 12.4. The van der Waals surface area contributed by atoms with Gasteiger partial charge in [-0.2, -0.15) is 0 Å². The van der Waals surface area contributed by atoms with E-state index in [1.165, 1.54) is 0 Å². The van der Waals surface area contributed by atoms with Gasteiger partial charge in [-0.15, -0.1) is 0 Å². The maximum atomic E-state index is 12.4. The van der Waals surface area contributed by atoms with Crippen LogP contribution in [0.15, 0.2) is 22.7 Å². The Hall–Kier alpha value is -1.43. The number of nitrogens with one attached hydrogen (secondary N) is 2. The van der Waals surface area contributed by atoms with Gasteiger partial charge in [0.1, 0.15) is 11.8 Å². The van der Waals surface area contributed by atoms with E-state index in [9.17, 15) is 4.79 Å². The molecule has 22 heavy (non-hydrogen) atoms. The number of benzene rings is 1. The normalized spacial score (nSPS) is 23.7. The molecule has 120 valence electrons. The van der Waals surface area contributed by atoms with Gasteiger partial charge < -0.3 is 20.3 Å². The van der Waals surface area contributed by atoms with Crippen molar-refractivity contribution in [2.24, 2.45) is 0 Å². The highest BCUT2D eigenvalue weighted by Crippen LogP contribution is 2.35. The highest BCUT2D eigenvalue weighted by atomic mass is 79.9. The number of amides is 1. The van der Waals surface area contributed by atoms with Crippen LogP contribution in [-0.4, -0.2) is 35.3 Å². The summed E-state index contributed by atoms with van der Waals surface area (Å²) in [6.07, 6.45) is 1.78. The van der Waals surface area contributed by atoms with Crippen molar-refractivity contribution in [1.82, 2.24) is 4.90 Å². The molecule has 0 aromatic heterocycles. The van der Waals surface area contributed by atoms with Crippen LogP contribution in [0, 0.1) is 0 Å². The molecule has 6 heteroatoms. The van der Waals surface area contributed by atoms with E-state index >= 15 is 0 Å². The molecular formula is C16H22BrN3O2. The summed E-state index contributed by atoms with van der Waals surface area (Å²) in [7, 11) is 0. The summed E-state index contributed by atoms with van der Waals surface area (Å²) in [6, 6.07) is 6.20. The second-order valence-electron chi connectivity index (χ2n) is 6.84. The number of carbonyl (C=O) groups excluding carboxylic acids is 1. The number of halogens is 1. The molecule has 2 N–H and O–H groups in total. The Balaban J connectivity index is 1.71. The van der Waals surface area contributed by atoms with Gasteiger partial charge in [0.2, 0.25) is 0 Å². The lowest BCUT2D eigenvalue weighted by Gasteiger charge is -2.31. The Morgan fingerprint density at radius 3 is 2.77 bits per heavy atom. The SMILES string of the molecule is CC(C)(C)OC(=O)N1CCC[C@H]1C1Nc2ccc(Br)cc2N1. The van der Waals surface area contributed by atoms with Gasteiger partial charge in [-0.1, -0.05) is 15.9 Å². The summed E-state index contributed by atoms with van der Waals surface area (Å²) in [4.78, 5) is 14.2. The van der Waals surface area contributed by atoms with Crippen LogP contribution in [0.25, 0.3) is 0 Å². The largest absolute Gasteiger partial charge is 0.444 e. The third kappa shape index (κ3) is 3.16. The van der Waals surface area contributed by atoms with Gasteiger partial charge in [0.25, 0.3) is 0 Å². The third-order valence-electron chi connectivity index (χ3n) is 3.92. The minimum atomic E-state index is -0.464. The zero-order valence-corrected chi connectivity index (χ0v) is 14.7. The summed E-state index contributed by atoms with van der Waals surface area (Å²) in [5, 5.41) is 6.94. The van der Waals surface area contributed by atoms with Crippen LogP contribution in [0.4, 0.5) is 16.2 Å². The quantitative estimate of drug-likeness (QED) is 0.787. The molecule has 1 unspecified atom stereocenters. The van der Waals surface area contributed by atoms with Crippen molar-refractivity contribution in [1.29, 1.82) is 0 Å². The summed E-state index contributed by atoms with van der Waals surface area (Å²) in [6.45, 7) is 6.44. The van der Waals surface area contributed by atoms with Crippen LogP contribution in [0.3, 0.4) is 0 Å². The van der Waals surface area contributed by atoms with E-state index in [2.05, 4.69) is 32.6 Å². The molecule has 1 saturated heterocycles. The molecule has 2 aliphatic rings. The fourth-order valence-electron chi connectivity index (χ4n) is 3.01. The number of ether oxygens (including phenoxy) is 1. The number of nitrogens with zero attached hydrogens (tertiary/aromatic N) is 1. The molecule has 0 saturated carbocycles. The fraction of sp³-hybridized carbons (Fsp3) is 0.562. The Morgan fingerprint density at radius 1 is 1.32 bits per heavy atom. The smallest absolute Gasteiger partial charge is 0.410 e. The molecule has 0 radical (unpaired) electrons. The first kappa shape index (κ1) is 15.5. The van der Waals surface area contributed by atoms with E-state index in [4.69, 9.17) is 4.74 Å². The molecule has 5 nitrogen and oxygen atoms in total. The van der Waals surface area contributed by atoms with E-state index in [0.29, 0.717) is 0 Å². The lowest BCUT2D eigenvalue weighted by Crippen LogP contribution is -2.49. The molecule has 1 aromatic rings. The number of hydrogen-bond acceptors (Lipinski definition) is 4. The molecule has 2 atom stereocenters. The Morgan fingerprint density at radius 2 is 2.05 bits per heavy atom. The summed E-state index contributed by atoms with van der Waals surface area (Å²) in [5.41, 5.74) is 1.67. The van der Waals surface area contributed by atoms with Crippen LogP contribution in [0.2, 0.25) is 0 Å². The topological polar surface area (TPSA) is 53.6 Å². The van der Waals surface area contributed by atoms with Gasteiger partial charge in [0.05, 0.1) is 17.4 Å². The molecule has 1 fully saturated rings. The number of fused-ring (bicyclic) bond motifs is 1. The van der Waals surface area contributed by atoms with Crippen LogP contribution >= 0.6 is 15.9 Å². The van der Waals surface area contributed by atoms with Gasteiger partial charge in [-0.25, -0.2) is 4.79 Å². The molecule has 1 amide bonds. The minimum Gasteiger partial charge on any atom is -0.444 e. The van der Waals surface area contributed by atoms with Crippen LogP contribution in [0.1, 0.15) is 33.6 Å². The molecular weight excluding hydrogens is 346 g/mol. The number of hydrogen-bond donors (Lipinski definition) is 2. The van der Waals surface area contributed by atoms with Crippen molar-refractivity contribution in [3.63, 3.8) is 0 Å². The van der Waals surface area contributed by atoms with Gasteiger partial charge in [-0.05, 0) is 51.8 Å². The van der Waals surface area contributed by atoms with Crippen molar-refractivity contribution in [3.8, 4) is 0 Å². The van der Waals surface area contributed by atoms with Gasteiger partial charge >= 0.3 is 6.09 Å². The second kappa shape index (κ2) is 5.65. The summed E-state index contributed by atoms with van der Waals surface area (Å²) < 4.78 is 6.57. The lowest BCUT2D eigenvalue weighted by atomic mass is 10.1. The molecule has 3 rings (SSSR count). The van der Waals surface area contributed by atoms with Gasteiger partial charge in [0, 0.05) is 11.0 Å². The van der Waals surface area contributed by atoms with Crippen molar-refractivity contribution in [2.75, 3.05) is 17.2 Å². The summed E-state index contributed by atoms with van der Waals surface area (Å²) in [5.74, 6) is 0. The van der Waals surface area contributed by atoms with E-state index in [1.54, 1.807) is 0 Å². The van der Waals surface area contributed by atoms with Gasteiger partial charge in [0.15, 0.2) is 0 Å². The predicted octanol–water partition coefficient (Wildman–Crippen LogP) is 4.01. The van der Waals surface area contributed by atoms with Gasteiger partial charge in [-0.3, -0.25) is 0 Å². The Kier molecular flexibility index (Phi) is 3.97. The zero-order valence-electron chi connectivity index (χ0n) is 13.1. The molecule has 2 heterocycles. The predicted molar refractivity (Wildman–Crippen MR) is 91.1 cm³/mol. The Bertz CT molecular complexity index is 585. The van der Waals surface area contributed by atoms with E-state index in [0.717, 1.165) is 35.2 Å². The van der Waals surface area contributed by atoms with Crippen molar-refractivity contribution in [3.05, 3.63) is 22.7 Å². The van der Waals surface area contributed by atoms with Crippen molar-refractivity contribution >= 4 is 33.4 Å². The minimum absolute atomic E-state index is 0.0271. The first-order valence-corrected chi connectivity index (χ1v) is 8.45. The second-order valence-corrected chi connectivity index (χ2v) is 7.76. The van der Waals surface area contributed by atoms with E-state index < -0.39 is 5.60 Å². The molecule has 0 spiro atoms. The third-order valence-corrected chi connectivity index (χ3v) is 4.41. The molecule has 0 bridgehead atoms. The van der Waals surface area contributed by atoms with Crippen LogP contribution in [-0.2, 0) is 4.74 Å². The average Bonchev–Trinajstić information content (AvgIpc) is 3.01. The van der Waals surface area contributed by atoms with Crippen molar-refractivity contribution < 1.29 is 9.53 Å². The molecule has 2 aliphatic heterocycles.